The topological polar surface area (TPSA) is 51.3 Å². The molecule has 0 bridgehead atoms. The van der Waals surface area contributed by atoms with E-state index in [1.54, 1.807) is 0 Å². The lowest BCUT2D eigenvalue weighted by Gasteiger charge is -2.32. The monoisotopic (exact) mass is 327 g/mol. The molecular formula is C14H22BrN3O. The van der Waals surface area contributed by atoms with E-state index in [-0.39, 0.29) is 5.91 Å². The van der Waals surface area contributed by atoms with E-state index >= 15 is 0 Å². The standard InChI is InChI=1S/C14H22BrN3O/c1-2-17-10-12(15)8-13(17)14(19)18-7-3-4-11(9-18)5-6-16/h8,10-11H,2-7,9,16H2,1H3. The van der Waals surface area contributed by atoms with Gasteiger partial charge in [0.2, 0.25) is 0 Å². The average Bonchev–Trinajstić information content (AvgIpc) is 2.80. The zero-order valence-electron chi connectivity index (χ0n) is 11.4. The van der Waals surface area contributed by atoms with Gasteiger partial charge >= 0.3 is 0 Å². The van der Waals surface area contributed by atoms with E-state index < -0.39 is 0 Å². The molecule has 1 aromatic rings. The van der Waals surface area contributed by atoms with Crippen LogP contribution in [0.4, 0.5) is 0 Å². The molecule has 1 amide bonds. The van der Waals surface area contributed by atoms with Crippen LogP contribution in [0.25, 0.3) is 0 Å². The molecule has 2 heterocycles. The number of piperidine rings is 1. The molecule has 1 atom stereocenters. The molecule has 0 aliphatic carbocycles. The fraction of sp³-hybridized carbons (Fsp3) is 0.643. The summed E-state index contributed by atoms with van der Waals surface area (Å²) in [7, 11) is 0. The molecule has 19 heavy (non-hydrogen) atoms. The van der Waals surface area contributed by atoms with Crippen molar-refractivity contribution in [3.05, 3.63) is 22.4 Å². The maximum Gasteiger partial charge on any atom is 0.270 e. The number of nitrogens with two attached hydrogens (primary N) is 1. The number of nitrogens with zero attached hydrogens (tertiary/aromatic N) is 2. The van der Waals surface area contributed by atoms with E-state index in [2.05, 4.69) is 22.9 Å². The molecule has 0 saturated carbocycles. The van der Waals surface area contributed by atoms with Crippen molar-refractivity contribution >= 4 is 21.8 Å². The van der Waals surface area contributed by atoms with Crippen LogP contribution in [0.15, 0.2) is 16.7 Å². The molecule has 0 spiro atoms. The first kappa shape index (κ1) is 14.6. The SMILES string of the molecule is CCn1cc(Br)cc1C(=O)N1CCCC(CCN)C1. The van der Waals surface area contributed by atoms with Crippen LogP contribution in [0.1, 0.15) is 36.7 Å². The molecule has 2 rings (SSSR count). The Labute approximate surface area is 123 Å². The summed E-state index contributed by atoms with van der Waals surface area (Å²) in [5.41, 5.74) is 6.41. The first-order valence-corrected chi connectivity index (χ1v) is 7.80. The number of amides is 1. The van der Waals surface area contributed by atoms with E-state index in [4.69, 9.17) is 5.73 Å². The van der Waals surface area contributed by atoms with Crippen LogP contribution in [-0.2, 0) is 6.54 Å². The van der Waals surface area contributed by atoms with Gasteiger partial charge in [-0.25, -0.2) is 0 Å². The molecule has 4 nitrogen and oxygen atoms in total. The summed E-state index contributed by atoms with van der Waals surface area (Å²) in [6.45, 7) is 5.29. The van der Waals surface area contributed by atoms with Gasteiger partial charge in [0.1, 0.15) is 5.69 Å². The normalized spacial score (nSPS) is 19.7. The summed E-state index contributed by atoms with van der Waals surface area (Å²) in [4.78, 5) is 14.6. The third kappa shape index (κ3) is 3.39. The lowest BCUT2D eigenvalue weighted by molar-refractivity contribution is 0.0658. The van der Waals surface area contributed by atoms with E-state index in [9.17, 15) is 4.79 Å². The molecular weight excluding hydrogens is 306 g/mol. The fourth-order valence-electron chi connectivity index (χ4n) is 2.80. The molecule has 1 aromatic heterocycles. The van der Waals surface area contributed by atoms with Crippen LogP contribution < -0.4 is 5.73 Å². The van der Waals surface area contributed by atoms with Crippen molar-refractivity contribution in [2.24, 2.45) is 11.7 Å². The summed E-state index contributed by atoms with van der Waals surface area (Å²) in [5.74, 6) is 0.713. The third-order valence-corrected chi connectivity index (χ3v) is 4.24. The van der Waals surface area contributed by atoms with E-state index in [0.717, 1.165) is 42.6 Å². The van der Waals surface area contributed by atoms with Crippen LogP contribution in [-0.4, -0.2) is 35.0 Å². The van der Waals surface area contributed by atoms with E-state index in [0.29, 0.717) is 12.5 Å². The minimum atomic E-state index is 0.147. The quantitative estimate of drug-likeness (QED) is 0.923. The van der Waals surface area contributed by atoms with Crippen molar-refractivity contribution in [2.45, 2.75) is 32.7 Å². The van der Waals surface area contributed by atoms with Crippen LogP contribution >= 0.6 is 15.9 Å². The maximum absolute atomic E-state index is 12.6. The Morgan fingerprint density at radius 3 is 3.05 bits per heavy atom. The Bertz CT molecular complexity index is 442. The van der Waals surface area contributed by atoms with Crippen LogP contribution in [0.5, 0.6) is 0 Å². The molecule has 0 radical (unpaired) electrons. The smallest absolute Gasteiger partial charge is 0.270 e. The predicted octanol–water partition coefficient (Wildman–Crippen LogP) is 2.47. The van der Waals surface area contributed by atoms with E-state index in [1.807, 2.05) is 21.7 Å². The molecule has 1 unspecified atom stereocenters. The number of hydrogen-bond acceptors (Lipinski definition) is 2. The van der Waals surface area contributed by atoms with Crippen LogP contribution in [0.3, 0.4) is 0 Å². The number of halogens is 1. The highest BCUT2D eigenvalue weighted by Gasteiger charge is 2.25. The molecule has 1 aliphatic heterocycles. The van der Waals surface area contributed by atoms with Gasteiger partial charge in [-0.2, -0.15) is 0 Å². The zero-order chi connectivity index (χ0) is 13.8. The Hall–Kier alpha value is -0.810. The number of carbonyl (C=O) groups is 1. The molecule has 2 N–H and O–H groups in total. The molecule has 106 valence electrons. The minimum absolute atomic E-state index is 0.147. The largest absolute Gasteiger partial charge is 0.343 e. The van der Waals surface area contributed by atoms with Gasteiger partial charge in [-0.05, 0) is 60.6 Å². The summed E-state index contributed by atoms with van der Waals surface area (Å²) in [5, 5.41) is 0. The van der Waals surface area contributed by atoms with Crippen LogP contribution in [0.2, 0.25) is 0 Å². The van der Waals surface area contributed by atoms with Crippen molar-refractivity contribution < 1.29 is 4.79 Å². The third-order valence-electron chi connectivity index (χ3n) is 3.80. The Morgan fingerprint density at radius 1 is 1.58 bits per heavy atom. The summed E-state index contributed by atoms with van der Waals surface area (Å²) >= 11 is 3.44. The number of carbonyl (C=O) groups excluding carboxylic acids is 1. The highest BCUT2D eigenvalue weighted by atomic mass is 79.9. The highest BCUT2D eigenvalue weighted by molar-refractivity contribution is 9.10. The van der Waals surface area contributed by atoms with Crippen molar-refractivity contribution in [1.82, 2.24) is 9.47 Å². The number of aryl methyl sites for hydroxylation is 1. The molecule has 1 fully saturated rings. The maximum atomic E-state index is 12.6. The lowest BCUT2D eigenvalue weighted by atomic mass is 9.94. The average molecular weight is 328 g/mol. The van der Waals surface area contributed by atoms with Gasteiger partial charge in [-0.3, -0.25) is 4.79 Å². The number of aromatic nitrogens is 1. The predicted molar refractivity (Wildman–Crippen MR) is 80.1 cm³/mol. The second-order valence-corrected chi connectivity index (χ2v) is 6.08. The fourth-order valence-corrected chi connectivity index (χ4v) is 3.26. The number of likely N-dealkylation sites (tertiary alicyclic amines) is 1. The van der Waals surface area contributed by atoms with Gasteiger partial charge in [-0.15, -0.1) is 0 Å². The van der Waals surface area contributed by atoms with Crippen molar-refractivity contribution in [1.29, 1.82) is 0 Å². The minimum Gasteiger partial charge on any atom is -0.343 e. The molecule has 5 heteroatoms. The van der Waals surface area contributed by atoms with E-state index in [1.165, 1.54) is 6.42 Å². The summed E-state index contributed by atoms with van der Waals surface area (Å²) in [6.07, 6.45) is 5.26. The van der Waals surface area contributed by atoms with Crippen molar-refractivity contribution in [3.8, 4) is 0 Å². The second-order valence-electron chi connectivity index (χ2n) is 5.17. The van der Waals surface area contributed by atoms with Gasteiger partial charge in [0.25, 0.3) is 5.91 Å². The summed E-state index contributed by atoms with van der Waals surface area (Å²) < 4.78 is 2.96. The summed E-state index contributed by atoms with van der Waals surface area (Å²) in [6, 6.07) is 1.92. The first-order chi connectivity index (χ1) is 9.15. The lowest BCUT2D eigenvalue weighted by Crippen LogP contribution is -2.41. The number of rotatable bonds is 4. The Balaban J connectivity index is 2.10. The van der Waals surface area contributed by atoms with Crippen molar-refractivity contribution in [3.63, 3.8) is 0 Å². The van der Waals surface area contributed by atoms with Gasteiger partial charge in [-0.1, -0.05) is 0 Å². The number of hydrogen-bond donors (Lipinski definition) is 1. The zero-order valence-corrected chi connectivity index (χ0v) is 13.0. The Morgan fingerprint density at radius 2 is 2.37 bits per heavy atom. The van der Waals surface area contributed by atoms with Crippen molar-refractivity contribution in [2.75, 3.05) is 19.6 Å². The Kier molecular flexibility index (Phi) is 5.05. The first-order valence-electron chi connectivity index (χ1n) is 7.00. The van der Waals surface area contributed by atoms with Crippen LogP contribution in [0, 0.1) is 5.92 Å². The molecule has 0 aromatic carbocycles. The highest BCUT2D eigenvalue weighted by Crippen LogP contribution is 2.22. The van der Waals surface area contributed by atoms with Gasteiger partial charge in [0.05, 0.1) is 0 Å². The van der Waals surface area contributed by atoms with Gasteiger partial charge in [0, 0.05) is 30.3 Å². The second kappa shape index (κ2) is 6.57. The van der Waals surface area contributed by atoms with Gasteiger partial charge < -0.3 is 15.2 Å². The van der Waals surface area contributed by atoms with Gasteiger partial charge in [0.15, 0.2) is 0 Å². The molecule has 1 saturated heterocycles. The molecule has 1 aliphatic rings.